The number of hydrogen-bond acceptors (Lipinski definition) is 4. The third-order valence-corrected chi connectivity index (χ3v) is 3.07. The third kappa shape index (κ3) is 1.13. The third-order valence-electron chi connectivity index (χ3n) is 3.07. The van der Waals surface area contributed by atoms with Gasteiger partial charge in [0.2, 0.25) is 0 Å². The lowest BCUT2D eigenvalue weighted by Crippen LogP contribution is -2.06. The predicted octanol–water partition coefficient (Wildman–Crippen LogP) is 1.69. The Morgan fingerprint density at radius 2 is 1.75 bits per heavy atom. The summed E-state index contributed by atoms with van der Waals surface area (Å²) in [7, 11) is 0. The van der Waals surface area contributed by atoms with Crippen LogP contribution in [-0.4, -0.2) is 10.2 Å². The molecule has 1 heterocycles. The van der Waals surface area contributed by atoms with E-state index in [1.807, 2.05) is 0 Å². The van der Waals surface area contributed by atoms with E-state index in [-0.39, 0.29) is 17.1 Å². The molecule has 0 bridgehead atoms. The average Bonchev–Trinajstić information content (AvgIpc) is 2.71. The van der Waals surface area contributed by atoms with Gasteiger partial charge in [0, 0.05) is 17.0 Å². The van der Waals surface area contributed by atoms with Crippen molar-refractivity contribution in [3.63, 3.8) is 0 Å². The lowest BCUT2D eigenvalue weighted by molar-refractivity contribution is 0.403. The molecule has 1 aromatic carbocycles. The molecule has 4 heteroatoms. The van der Waals surface area contributed by atoms with Crippen molar-refractivity contribution in [2.24, 2.45) is 0 Å². The van der Waals surface area contributed by atoms with E-state index in [9.17, 15) is 15.0 Å². The van der Waals surface area contributed by atoms with Crippen molar-refractivity contribution in [2.45, 2.75) is 19.3 Å². The Labute approximate surface area is 90.8 Å². The molecule has 2 N–H and O–H groups in total. The van der Waals surface area contributed by atoms with Gasteiger partial charge in [0.05, 0.1) is 0 Å². The first-order chi connectivity index (χ1) is 7.66. The lowest BCUT2D eigenvalue weighted by atomic mass is 10.1. The second-order valence-corrected chi connectivity index (χ2v) is 4.04. The van der Waals surface area contributed by atoms with Gasteiger partial charge in [-0.1, -0.05) is 0 Å². The molecule has 0 spiro atoms. The van der Waals surface area contributed by atoms with E-state index in [1.165, 1.54) is 12.1 Å². The van der Waals surface area contributed by atoms with Crippen LogP contribution in [-0.2, 0) is 12.8 Å². The summed E-state index contributed by atoms with van der Waals surface area (Å²) in [5.74, 6) is -0.455. The van der Waals surface area contributed by atoms with Crippen LogP contribution in [0.1, 0.15) is 17.5 Å². The molecule has 2 aromatic rings. The van der Waals surface area contributed by atoms with Gasteiger partial charge in [0.1, 0.15) is 5.58 Å². The van der Waals surface area contributed by atoms with Gasteiger partial charge < -0.3 is 14.6 Å². The van der Waals surface area contributed by atoms with Gasteiger partial charge in [0.15, 0.2) is 11.5 Å². The van der Waals surface area contributed by atoms with Gasteiger partial charge >= 0.3 is 5.63 Å². The van der Waals surface area contributed by atoms with Crippen LogP contribution >= 0.6 is 0 Å². The van der Waals surface area contributed by atoms with E-state index in [2.05, 4.69) is 0 Å². The molecule has 0 saturated heterocycles. The summed E-state index contributed by atoms with van der Waals surface area (Å²) in [6, 6.07) is 2.74. The normalized spacial score (nSPS) is 14.2. The fourth-order valence-corrected chi connectivity index (χ4v) is 2.31. The van der Waals surface area contributed by atoms with Crippen LogP contribution in [0.3, 0.4) is 0 Å². The first-order valence-electron chi connectivity index (χ1n) is 5.17. The molecule has 0 radical (unpaired) electrons. The largest absolute Gasteiger partial charge is 0.504 e. The Hall–Kier alpha value is -1.97. The Bertz CT molecular complexity index is 639. The van der Waals surface area contributed by atoms with Crippen LogP contribution in [0, 0.1) is 0 Å². The van der Waals surface area contributed by atoms with Crippen molar-refractivity contribution in [1.82, 2.24) is 0 Å². The Kier molecular flexibility index (Phi) is 1.74. The second-order valence-electron chi connectivity index (χ2n) is 4.04. The molecule has 0 unspecified atom stereocenters. The van der Waals surface area contributed by atoms with E-state index in [4.69, 9.17) is 4.42 Å². The molecular formula is C12H10O4. The van der Waals surface area contributed by atoms with Crippen LogP contribution < -0.4 is 5.63 Å². The molecule has 0 atom stereocenters. The Morgan fingerprint density at radius 1 is 1.06 bits per heavy atom. The summed E-state index contributed by atoms with van der Waals surface area (Å²) >= 11 is 0. The maximum absolute atomic E-state index is 11.6. The van der Waals surface area contributed by atoms with Crippen molar-refractivity contribution >= 4 is 11.0 Å². The van der Waals surface area contributed by atoms with Crippen molar-refractivity contribution in [3.8, 4) is 11.5 Å². The van der Waals surface area contributed by atoms with Crippen LogP contribution in [0.4, 0.5) is 0 Å². The molecule has 3 rings (SSSR count). The summed E-state index contributed by atoms with van der Waals surface area (Å²) in [6.45, 7) is 0. The smallest absolute Gasteiger partial charge is 0.339 e. The first kappa shape index (κ1) is 9.27. The van der Waals surface area contributed by atoms with E-state index >= 15 is 0 Å². The van der Waals surface area contributed by atoms with Crippen molar-refractivity contribution in [2.75, 3.05) is 0 Å². The summed E-state index contributed by atoms with van der Waals surface area (Å²) in [4.78, 5) is 11.6. The van der Waals surface area contributed by atoms with Gasteiger partial charge in [-0.15, -0.1) is 0 Å². The molecule has 0 fully saturated rings. The van der Waals surface area contributed by atoms with E-state index in [0.717, 1.165) is 30.2 Å². The van der Waals surface area contributed by atoms with Crippen LogP contribution in [0.15, 0.2) is 21.3 Å². The molecule has 16 heavy (non-hydrogen) atoms. The average molecular weight is 218 g/mol. The molecule has 4 nitrogen and oxygen atoms in total. The number of rotatable bonds is 0. The van der Waals surface area contributed by atoms with Crippen LogP contribution in [0.5, 0.6) is 11.5 Å². The molecule has 0 saturated carbocycles. The van der Waals surface area contributed by atoms with Gasteiger partial charge in [-0.05, 0) is 30.9 Å². The predicted molar refractivity (Wildman–Crippen MR) is 57.8 cm³/mol. The number of aromatic hydroxyl groups is 2. The van der Waals surface area contributed by atoms with Gasteiger partial charge in [-0.25, -0.2) is 4.79 Å². The minimum atomic E-state index is -0.329. The van der Waals surface area contributed by atoms with Gasteiger partial charge in [0.25, 0.3) is 0 Å². The highest BCUT2D eigenvalue weighted by Crippen LogP contribution is 2.34. The highest BCUT2D eigenvalue weighted by atomic mass is 16.4. The number of aryl methyl sites for hydroxylation is 1. The van der Waals surface area contributed by atoms with E-state index in [0.29, 0.717) is 11.1 Å². The lowest BCUT2D eigenvalue weighted by Gasteiger charge is -2.05. The van der Waals surface area contributed by atoms with Crippen LogP contribution in [0.25, 0.3) is 11.0 Å². The quantitative estimate of drug-likeness (QED) is 0.521. The number of phenolic OH excluding ortho intramolecular Hbond substituents is 2. The number of benzene rings is 1. The van der Waals surface area contributed by atoms with Gasteiger partial charge in [-0.2, -0.15) is 0 Å². The van der Waals surface area contributed by atoms with Crippen molar-refractivity contribution in [1.29, 1.82) is 0 Å². The summed E-state index contributed by atoms with van der Waals surface area (Å²) in [5, 5.41) is 19.5. The standard InChI is InChI=1S/C12H10O4/c13-9-4-8-6-2-1-3-7(6)12(15)16-11(8)5-10(9)14/h4-5,13-14H,1-3H2. The molecule has 0 aliphatic heterocycles. The minimum Gasteiger partial charge on any atom is -0.504 e. The Morgan fingerprint density at radius 3 is 2.56 bits per heavy atom. The SMILES string of the molecule is O=c1oc2cc(O)c(O)cc2c2c1CCC2. The zero-order valence-corrected chi connectivity index (χ0v) is 8.49. The van der Waals surface area contributed by atoms with Gasteiger partial charge in [-0.3, -0.25) is 0 Å². The van der Waals surface area contributed by atoms with E-state index in [1.54, 1.807) is 0 Å². The highest BCUT2D eigenvalue weighted by molar-refractivity contribution is 5.85. The van der Waals surface area contributed by atoms with E-state index < -0.39 is 0 Å². The zero-order chi connectivity index (χ0) is 11.3. The van der Waals surface area contributed by atoms with Crippen LogP contribution in [0.2, 0.25) is 0 Å². The molecule has 82 valence electrons. The monoisotopic (exact) mass is 218 g/mol. The first-order valence-corrected chi connectivity index (χ1v) is 5.17. The number of phenols is 2. The summed E-state index contributed by atoms with van der Waals surface area (Å²) < 4.78 is 5.11. The summed E-state index contributed by atoms with van der Waals surface area (Å²) in [5.41, 5.74) is 1.66. The number of hydrogen-bond donors (Lipinski definition) is 2. The fourth-order valence-electron chi connectivity index (χ4n) is 2.31. The summed E-state index contributed by atoms with van der Waals surface area (Å²) in [6.07, 6.45) is 2.48. The maximum atomic E-state index is 11.6. The highest BCUT2D eigenvalue weighted by Gasteiger charge is 2.20. The molecular weight excluding hydrogens is 208 g/mol. The molecule has 1 aliphatic carbocycles. The second kappa shape index (κ2) is 3.01. The zero-order valence-electron chi connectivity index (χ0n) is 8.49. The maximum Gasteiger partial charge on any atom is 0.339 e. The molecule has 1 aromatic heterocycles. The number of fused-ring (bicyclic) bond motifs is 3. The van der Waals surface area contributed by atoms with Crippen molar-refractivity contribution < 1.29 is 14.6 Å². The molecule has 0 amide bonds. The minimum absolute atomic E-state index is 0.185. The van der Waals surface area contributed by atoms with Crippen molar-refractivity contribution in [3.05, 3.63) is 33.7 Å². The fraction of sp³-hybridized carbons (Fsp3) is 0.250. The Balaban J connectivity index is 2.48. The topological polar surface area (TPSA) is 70.7 Å². The molecule has 1 aliphatic rings.